The van der Waals surface area contributed by atoms with Crippen LogP contribution in [0.5, 0.6) is 0 Å². The van der Waals surface area contributed by atoms with Gasteiger partial charge in [-0.25, -0.2) is 4.99 Å². The van der Waals surface area contributed by atoms with E-state index in [9.17, 15) is 14.9 Å². The van der Waals surface area contributed by atoms with E-state index in [4.69, 9.17) is 9.15 Å². The number of ether oxygens (including phenoxy) is 1. The van der Waals surface area contributed by atoms with Crippen LogP contribution >= 0.6 is 0 Å². The van der Waals surface area contributed by atoms with E-state index in [0.717, 1.165) is 49.0 Å². The van der Waals surface area contributed by atoms with Gasteiger partial charge in [0.15, 0.2) is 6.19 Å². The number of likely N-dealkylation sites (tertiary alicyclic amines) is 1. The number of hydrogen-bond acceptors (Lipinski definition) is 6. The number of carbonyl (C=O) groups excluding carboxylic acids is 2. The zero-order chi connectivity index (χ0) is 23.9. The van der Waals surface area contributed by atoms with E-state index in [2.05, 4.69) is 20.9 Å². The molecule has 34 heavy (non-hydrogen) atoms. The summed E-state index contributed by atoms with van der Waals surface area (Å²) in [6, 6.07) is 6.78. The third-order valence-corrected chi connectivity index (χ3v) is 6.00. The van der Waals surface area contributed by atoms with Gasteiger partial charge in [-0.3, -0.25) is 14.9 Å². The molecule has 1 unspecified atom stereocenters. The second kappa shape index (κ2) is 11.0. The minimum Gasteiger partial charge on any atom is -0.461 e. The lowest BCUT2D eigenvalue weighted by Gasteiger charge is -2.23. The first-order chi connectivity index (χ1) is 16.5. The van der Waals surface area contributed by atoms with Crippen LogP contribution < -0.4 is 16.0 Å². The Labute approximate surface area is 198 Å². The van der Waals surface area contributed by atoms with E-state index in [1.54, 1.807) is 4.90 Å². The Hall–Kier alpha value is -3.58. The molecule has 180 valence electrons. The first kappa shape index (κ1) is 23.6. The van der Waals surface area contributed by atoms with Gasteiger partial charge in [0.1, 0.15) is 17.4 Å². The fraction of sp³-hybridized carbons (Fsp3) is 0.500. The molecule has 0 spiro atoms. The normalized spacial score (nSPS) is 21.2. The van der Waals surface area contributed by atoms with Gasteiger partial charge in [-0.1, -0.05) is 0 Å². The number of anilines is 1. The molecule has 0 bridgehead atoms. The van der Waals surface area contributed by atoms with Crippen LogP contribution in [0, 0.1) is 18.4 Å². The first-order valence-electron chi connectivity index (χ1n) is 11.7. The molecular formula is C24H30N6O4. The van der Waals surface area contributed by atoms with E-state index in [1.807, 2.05) is 37.4 Å². The standard InChI is InChI=1S/C24H30N6O4/c1-16-11-17-12-18(7-8-21(17)34-16)28-24(27-15-25)29-20-6-2-3-9-30(23(20)32)14-22(31)26-13-19-5-4-10-33-19/h7-8,11-12,19-20H,2-6,9-10,13-14H2,1H3,(H,26,31)(H2,27,28,29)/t19?,20-/m0/s1. The number of aryl methyl sites for hydroxylation is 1. The van der Waals surface area contributed by atoms with Crippen molar-refractivity contribution in [2.75, 3.05) is 31.6 Å². The van der Waals surface area contributed by atoms with Gasteiger partial charge in [-0.2, -0.15) is 5.26 Å². The molecule has 4 rings (SSSR count). The van der Waals surface area contributed by atoms with Crippen molar-refractivity contribution >= 4 is 34.4 Å². The van der Waals surface area contributed by atoms with Gasteiger partial charge in [0.2, 0.25) is 17.8 Å². The van der Waals surface area contributed by atoms with Gasteiger partial charge in [-0.05, 0) is 63.3 Å². The molecule has 2 aliphatic heterocycles. The summed E-state index contributed by atoms with van der Waals surface area (Å²) in [4.78, 5) is 31.7. The summed E-state index contributed by atoms with van der Waals surface area (Å²) in [6.07, 6.45) is 6.01. The predicted octanol–water partition coefficient (Wildman–Crippen LogP) is 2.26. The number of benzene rings is 1. The largest absolute Gasteiger partial charge is 0.461 e. The van der Waals surface area contributed by atoms with Gasteiger partial charge in [-0.15, -0.1) is 0 Å². The minimum atomic E-state index is -0.684. The SMILES string of the molecule is Cc1cc2cc(NC(=N[C@H]3CCCCN(CC(=O)NCC4CCCO4)C3=O)NC#N)ccc2o1. The van der Waals surface area contributed by atoms with Crippen molar-refractivity contribution in [3.63, 3.8) is 0 Å². The molecule has 0 aliphatic carbocycles. The molecule has 2 saturated heterocycles. The van der Waals surface area contributed by atoms with Gasteiger partial charge in [0.25, 0.3) is 0 Å². The van der Waals surface area contributed by atoms with Crippen LogP contribution in [0.3, 0.4) is 0 Å². The van der Waals surface area contributed by atoms with E-state index in [0.29, 0.717) is 25.2 Å². The number of amides is 2. The molecular weight excluding hydrogens is 436 g/mol. The number of carbonyl (C=O) groups is 2. The molecule has 2 aromatic rings. The van der Waals surface area contributed by atoms with Gasteiger partial charge in [0.05, 0.1) is 12.6 Å². The summed E-state index contributed by atoms with van der Waals surface area (Å²) in [5.41, 5.74) is 1.48. The number of aliphatic imine (C=N–C) groups is 1. The monoisotopic (exact) mass is 466 g/mol. The number of nitrogens with one attached hydrogen (secondary N) is 3. The van der Waals surface area contributed by atoms with Crippen molar-refractivity contribution in [3.8, 4) is 6.19 Å². The second-order valence-electron chi connectivity index (χ2n) is 8.66. The fourth-order valence-corrected chi connectivity index (χ4v) is 4.32. The summed E-state index contributed by atoms with van der Waals surface area (Å²) in [5, 5.41) is 18.6. The summed E-state index contributed by atoms with van der Waals surface area (Å²) in [7, 11) is 0. The Bertz CT molecular complexity index is 1100. The van der Waals surface area contributed by atoms with Crippen LogP contribution in [0.4, 0.5) is 5.69 Å². The van der Waals surface area contributed by atoms with Crippen LogP contribution in [0.15, 0.2) is 33.7 Å². The minimum absolute atomic E-state index is 0.0114. The number of fused-ring (bicyclic) bond motifs is 1. The fourth-order valence-electron chi connectivity index (χ4n) is 4.32. The third kappa shape index (κ3) is 6.05. The zero-order valence-corrected chi connectivity index (χ0v) is 19.3. The molecule has 10 nitrogen and oxygen atoms in total. The summed E-state index contributed by atoms with van der Waals surface area (Å²) in [5.74, 6) is 0.570. The lowest BCUT2D eigenvalue weighted by molar-refractivity contribution is -0.136. The molecule has 3 N–H and O–H groups in total. The van der Waals surface area contributed by atoms with Crippen LogP contribution in [0.25, 0.3) is 11.0 Å². The summed E-state index contributed by atoms with van der Waals surface area (Å²) < 4.78 is 11.1. The molecule has 3 heterocycles. The number of furan rings is 1. The second-order valence-corrected chi connectivity index (χ2v) is 8.66. The van der Waals surface area contributed by atoms with Crippen molar-refractivity contribution in [2.45, 2.75) is 51.2 Å². The maximum absolute atomic E-state index is 13.2. The van der Waals surface area contributed by atoms with E-state index < -0.39 is 6.04 Å². The summed E-state index contributed by atoms with van der Waals surface area (Å²) >= 11 is 0. The molecule has 1 aromatic carbocycles. The van der Waals surface area contributed by atoms with E-state index in [-0.39, 0.29) is 30.4 Å². The topological polar surface area (TPSA) is 132 Å². The number of nitrogens with zero attached hydrogens (tertiary/aromatic N) is 3. The van der Waals surface area contributed by atoms with Crippen molar-refractivity contribution in [1.29, 1.82) is 5.26 Å². The highest BCUT2D eigenvalue weighted by Crippen LogP contribution is 2.23. The molecule has 0 radical (unpaired) electrons. The van der Waals surface area contributed by atoms with Crippen LogP contribution in [0.2, 0.25) is 0 Å². The maximum atomic E-state index is 13.2. The quantitative estimate of drug-likeness (QED) is 0.257. The molecule has 2 aliphatic rings. The molecule has 2 amide bonds. The molecule has 0 saturated carbocycles. The number of guanidine groups is 1. The first-order valence-corrected chi connectivity index (χ1v) is 11.7. The highest BCUT2D eigenvalue weighted by molar-refractivity contribution is 5.98. The van der Waals surface area contributed by atoms with Crippen molar-refractivity contribution in [1.82, 2.24) is 15.5 Å². The van der Waals surface area contributed by atoms with E-state index >= 15 is 0 Å². The highest BCUT2D eigenvalue weighted by atomic mass is 16.5. The van der Waals surface area contributed by atoms with Crippen LogP contribution in [-0.4, -0.2) is 61.1 Å². The maximum Gasteiger partial charge on any atom is 0.247 e. The zero-order valence-electron chi connectivity index (χ0n) is 19.3. The highest BCUT2D eigenvalue weighted by Gasteiger charge is 2.29. The van der Waals surface area contributed by atoms with Crippen LogP contribution in [-0.2, 0) is 14.3 Å². The Balaban J connectivity index is 1.42. The Morgan fingerprint density at radius 2 is 2.15 bits per heavy atom. The Morgan fingerprint density at radius 1 is 1.26 bits per heavy atom. The van der Waals surface area contributed by atoms with Gasteiger partial charge < -0.3 is 24.7 Å². The lowest BCUT2D eigenvalue weighted by Crippen LogP contribution is -2.45. The molecule has 2 atom stereocenters. The lowest BCUT2D eigenvalue weighted by atomic mass is 10.1. The molecule has 2 fully saturated rings. The van der Waals surface area contributed by atoms with Gasteiger partial charge in [0, 0.05) is 30.8 Å². The van der Waals surface area contributed by atoms with Gasteiger partial charge >= 0.3 is 0 Å². The molecule has 1 aromatic heterocycles. The van der Waals surface area contributed by atoms with Crippen molar-refractivity contribution < 1.29 is 18.7 Å². The molecule has 10 heteroatoms. The van der Waals surface area contributed by atoms with Crippen molar-refractivity contribution in [2.24, 2.45) is 4.99 Å². The number of rotatable bonds is 6. The van der Waals surface area contributed by atoms with Crippen molar-refractivity contribution in [3.05, 3.63) is 30.0 Å². The average molecular weight is 467 g/mol. The Kier molecular flexibility index (Phi) is 7.65. The third-order valence-electron chi connectivity index (χ3n) is 6.00. The average Bonchev–Trinajstić information content (AvgIpc) is 3.43. The predicted molar refractivity (Wildman–Crippen MR) is 127 cm³/mol. The van der Waals surface area contributed by atoms with Crippen LogP contribution in [0.1, 0.15) is 37.9 Å². The smallest absolute Gasteiger partial charge is 0.247 e. The Morgan fingerprint density at radius 3 is 2.94 bits per heavy atom. The number of nitriles is 1. The van der Waals surface area contributed by atoms with E-state index in [1.165, 1.54) is 0 Å². The summed E-state index contributed by atoms with van der Waals surface area (Å²) in [6.45, 7) is 3.56. The number of hydrogen-bond donors (Lipinski definition) is 3.